The van der Waals surface area contributed by atoms with Crippen molar-refractivity contribution < 1.29 is 0 Å². The molecule has 0 spiro atoms. The lowest BCUT2D eigenvalue weighted by atomic mass is 9.99. The van der Waals surface area contributed by atoms with Gasteiger partial charge in [0.25, 0.3) is 0 Å². The maximum Gasteiger partial charge on any atom is 0.164 e. The van der Waals surface area contributed by atoms with Crippen molar-refractivity contribution >= 4 is 0 Å². The van der Waals surface area contributed by atoms with Crippen molar-refractivity contribution in [2.45, 2.75) is 0 Å². The molecule has 0 saturated heterocycles. The Morgan fingerprint density at radius 2 is 0.500 bits per heavy atom. The van der Waals surface area contributed by atoms with Gasteiger partial charge >= 0.3 is 0 Å². The Bertz CT molecular complexity index is 1930. The number of benzene rings is 6. The number of nitrogens with zero attached hydrogens (tertiary/aromatic N) is 3. The molecule has 0 aliphatic heterocycles. The van der Waals surface area contributed by atoms with E-state index < -0.39 is 0 Å². The van der Waals surface area contributed by atoms with E-state index in [-0.39, 0.29) is 0 Å². The summed E-state index contributed by atoms with van der Waals surface area (Å²) in [6.45, 7) is 0. The SMILES string of the molecule is c1ccc(-c2ccc(-c3ccc(-c4nc(-c5ccccc5)nc(-c5cccc(-c6ccccc6)c5)n4)cc3)cc2)cc1. The predicted octanol–water partition coefficient (Wildman–Crippen LogP) is 9.87. The first-order valence-electron chi connectivity index (χ1n) is 14.0. The summed E-state index contributed by atoms with van der Waals surface area (Å²) in [5.74, 6) is 1.95. The molecule has 0 fully saturated rings. The molecule has 6 aromatic carbocycles. The molecule has 1 heterocycles. The maximum atomic E-state index is 4.96. The number of rotatable bonds is 6. The minimum absolute atomic E-state index is 0.648. The van der Waals surface area contributed by atoms with Crippen molar-refractivity contribution in [3.05, 3.63) is 164 Å². The Labute approximate surface area is 245 Å². The summed E-state index contributed by atoms with van der Waals surface area (Å²) in [5, 5.41) is 0. The summed E-state index contributed by atoms with van der Waals surface area (Å²) in [7, 11) is 0. The van der Waals surface area contributed by atoms with Crippen molar-refractivity contribution in [2.24, 2.45) is 0 Å². The largest absolute Gasteiger partial charge is 0.208 e. The molecule has 7 rings (SSSR count). The molecule has 0 aliphatic carbocycles. The topological polar surface area (TPSA) is 38.7 Å². The summed E-state index contributed by atoms with van der Waals surface area (Å²) in [5.41, 5.74) is 9.87. The van der Waals surface area contributed by atoms with E-state index in [1.807, 2.05) is 42.5 Å². The molecular formula is C39H27N3. The van der Waals surface area contributed by atoms with E-state index in [9.17, 15) is 0 Å². The van der Waals surface area contributed by atoms with Crippen molar-refractivity contribution in [2.75, 3.05) is 0 Å². The standard InChI is InChI=1S/C39H27N3/c1-4-11-28(12-5-1)30-19-21-31(22-20-30)32-23-25-34(26-24-32)38-40-37(33-15-8-3-9-16-33)41-39(42-38)36-18-10-17-35(27-36)29-13-6-2-7-14-29/h1-27H. The van der Waals surface area contributed by atoms with Crippen LogP contribution in [-0.2, 0) is 0 Å². The van der Waals surface area contributed by atoms with Crippen LogP contribution in [0, 0.1) is 0 Å². The molecule has 1 aromatic heterocycles. The zero-order valence-corrected chi connectivity index (χ0v) is 22.9. The van der Waals surface area contributed by atoms with Crippen molar-refractivity contribution in [3.63, 3.8) is 0 Å². The van der Waals surface area contributed by atoms with Gasteiger partial charge in [-0.1, -0.05) is 158 Å². The summed E-state index contributed by atoms with van der Waals surface area (Å²) in [6, 6.07) is 56.4. The second-order valence-corrected chi connectivity index (χ2v) is 10.1. The van der Waals surface area contributed by atoms with Crippen LogP contribution in [0.3, 0.4) is 0 Å². The summed E-state index contributed by atoms with van der Waals surface area (Å²) >= 11 is 0. The molecule has 7 aromatic rings. The van der Waals surface area contributed by atoms with Gasteiger partial charge in [-0.05, 0) is 39.4 Å². The first kappa shape index (κ1) is 25.3. The second-order valence-electron chi connectivity index (χ2n) is 10.1. The number of hydrogen-bond donors (Lipinski definition) is 0. The van der Waals surface area contributed by atoms with Crippen LogP contribution in [0.1, 0.15) is 0 Å². The van der Waals surface area contributed by atoms with Gasteiger partial charge in [0.15, 0.2) is 17.5 Å². The van der Waals surface area contributed by atoms with E-state index in [1.165, 1.54) is 16.7 Å². The molecule has 3 heteroatoms. The van der Waals surface area contributed by atoms with Crippen LogP contribution in [0.15, 0.2) is 164 Å². The van der Waals surface area contributed by atoms with Crippen LogP contribution in [0.5, 0.6) is 0 Å². The third kappa shape index (κ3) is 5.36. The van der Waals surface area contributed by atoms with Crippen LogP contribution < -0.4 is 0 Å². The van der Waals surface area contributed by atoms with E-state index in [0.29, 0.717) is 17.5 Å². The third-order valence-corrected chi connectivity index (χ3v) is 7.36. The van der Waals surface area contributed by atoms with Gasteiger partial charge < -0.3 is 0 Å². The Balaban J connectivity index is 1.25. The monoisotopic (exact) mass is 537 g/mol. The second kappa shape index (κ2) is 11.4. The highest BCUT2D eigenvalue weighted by atomic mass is 15.0. The highest BCUT2D eigenvalue weighted by Crippen LogP contribution is 2.30. The van der Waals surface area contributed by atoms with Crippen molar-refractivity contribution in [3.8, 4) is 67.5 Å². The van der Waals surface area contributed by atoms with E-state index >= 15 is 0 Å². The van der Waals surface area contributed by atoms with E-state index in [4.69, 9.17) is 15.0 Å². The molecule has 0 amide bonds. The van der Waals surface area contributed by atoms with Gasteiger partial charge in [0, 0.05) is 16.7 Å². The fraction of sp³-hybridized carbons (Fsp3) is 0. The van der Waals surface area contributed by atoms with Crippen LogP contribution in [-0.4, -0.2) is 15.0 Å². The molecule has 0 bridgehead atoms. The molecule has 0 saturated carbocycles. The Morgan fingerprint density at radius 3 is 0.976 bits per heavy atom. The Morgan fingerprint density at radius 1 is 0.214 bits per heavy atom. The Hall–Kier alpha value is -5.67. The van der Waals surface area contributed by atoms with E-state index in [2.05, 4.69) is 121 Å². The van der Waals surface area contributed by atoms with E-state index in [0.717, 1.165) is 33.4 Å². The van der Waals surface area contributed by atoms with E-state index in [1.54, 1.807) is 0 Å². The lowest BCUT2D eigenvalue weighted by molar-refractivity contribution is 1.07. The molecular weight excluding hydrogens is 510 g/mol. The summed E-state index contributed by atoms with van der Waals surface area (Å²) < 4.78 is 0. The quantitative estimate of drug-likeness (QED) is 0.212. The fourth-order valence-electron chi connectivity index (χ4n) is 5.12. The number of aromatic nitrogens is 3. The predicted molar refractivity (Wildman–Crippen MR) is 172 cm³/mol. The van der Waals surface area contributed by atoms with Crippen molar-refractivity contribution in [1.82, 2.24) is 15.0 Å². The average Bonchev–Trinajstić information content (AvgIpc) is 3.09. The van der Waals surface area contributed by atoms with Gasteiger partial charge in [0.05, 0.1) is 0 Å². The fourth-order valence-corrected chi connectivity index (χ4v) is 5.12. The number of hydrogen-bond acceptors (Lipinski definition) is 3. The molecule has 3 nitrogen and oxygen atoms in total. The molecule has 0 unspecified atom stereocenters. The van der Waals surface area contributed by atoms with Gasteiger partial charge in [-0.3, -0.25) is 0 Å². The van der Waals surface area contributed by atoms with Crippen LogP contribution in [0.25, 0.3) is 67.5 Å². The molecule has 42 heavy (non-hydrogen) atoms. The summed E-state index contributed by atoms with van der Waals surface area (Å²) in [4.78, 5) is 14.8. The van der Waals surface area contributed by atoms with Crippen LogP contribution in [0.4, 0.5) is 0 Å². The first-order valence-corrected chi connectivity index (χ1v) is 14.0. The zero-order chi connectivity index (χ0) is 28.1. The minimum atomic E-state index is 0.648. The zero-order valence-electron chi connectivity index (χ0n) is 22.9. The van der Waals surface area contributed by atoms with Gasteiger partial charge in [-0.15, -0.1) is 0 Å². The lowest BCUT2D eigenvalue weighted by Crippen LogP contribution is -2.00. The van der Waals surface area contributed by atoms with Gasteiger partial charge in [-0.25, -0.2) is 15.0 Å². The molecule has 0 radical (unpaired) electrons. The Kier molecular flexibility index (Phi) is 6.89. The first-order chi connectivity index (χ1) is 20.8. The highest BCUT2D eigenvalue weighted by Gasteiger charge is 2.13. The third-order valence-electron chi connectivity index (χ3n) is 7.36. The highest BCUT2D eigenvalue weighted by molar-refractivity contribution is 5.74. The molecule has 0 atom stereocenters. The van der Waals surface area contributed by atoms with Crippen LogP contribution in [0.2, 0.25) is 0 Å². The maximum absolute atomic E-state index is 4.96. The average molecular weight is 538 g/mol. The van der Waals surface area contributed by atoms with Gasteiger partial charge in [0.1, 0.15) is 0 Å². The smallest absolute Gasteiger partial charge is 0.164 e. The van der Waals surface area contributed by atoms with Crippen molar-refractivity contribution in [1.29, 1.82) is 0 Å². The summed E-state index contributed by atoms with van der Waals surface area (Å²) in [6.07, 6.45) is 0. The molecule has 0 aliphatic rings. The van der Waals surface area contributed by atoms with Gasteiger partial charge in [0.2, 0.25) is 0 Å². The molecule has 0 N–H and O–H groups in total. The normalized spacial score (nSPS) is 10.9. The minimum Gasteiger partial charge on any atom is -0.208 e. The molecule has 198 valence electrons. The van der Waals surface area contributed by atoms with Crippen LogP contribution >= 0.6 is 0 Å². The van der Waals surface area contributed by atoms with Gasteiger partial charge in [-0.2, -0.15) is 0 Å². The lowest BCUT2D eigenvalue weighted by Gasteiger charge is -2.10.